The average Bonchev–Trinajstić information content (AvgIpc) is 0.722. The Balaban J connectivity index is -0.0000000267. The molecular weight excluding hydrogens is 166 g/mol. The van der Waals surface area contributed by atoms with Gasteiger partial charge < -0.3 is 20.2 Å². The van der Waals surface area contributed by atoms with E-state index >= 15 is 0 Å². The maximum atomic E-state index is 8.88. The molecule has 0 saturated carbocycles. The van der Waals surface area contributed by atoms with Crippen LogP contribution < -0.4 is 0 Å². The first kappa shape index (κ1) is 22.8. The summed E-state index contributed by atoms with van der Waals surface area (Å²) in [4.78, 5) is 21.6. The predicted octanol–water partition coefficient (Wildman–Crippen LogP) is -2.40. The molecule has 0 aliphatic heterocycles. The molecule has 0 aromatic rings. The summed E-state index contributed by atoms with van der Waals surface area (Å²) in [5.41, 5.74) is 0. The zero-order valence-corrected chi connectivity index (χ0v) is 5.65. The molecule has 0 aliphatic rings. The first-order valence-electron chi connectivity index (χ1n) is 0.783. The second kappa shape index (κ2) is 8.38. The third-order valence-electron chi connectivity index (χ3n) is 0. The molecule has 0 saturated heterocycles. The van der Waals surface area contributed by atoms with Crippen molar-refractivity contribution in [2.24, 2.45) is 0 Å². The topological polar surface area (TPSA) is 109 Å². The molecule has 0 amide bonds. The van der Waals surface area contributed by atoms with Crippen LogP contribution in [0.4, 0.5) is 0 Å². The monoisotopic (exact) mass is 172 g/mol. The van der Waals surface area contributed by atoms with Gasteiger partial charge in [-0.15, -0.1) is 0 Å². The zero-order chi connectivity index (χ0) is 4.50. The summed E-state index contributed by atoms with van der Waals surface area (Å²) in [6, 6.07) is 0. The Hall–Kier alpha value is 1.38. The van der Waals surface area contributed by atoms with Gasteiger partial charge in [0.2, 0.25) is 0 Å². The van der Waals surface area contributed by atoms with Crippen molar-refractivity contribution in [3.05, 3.63) is 0 Å². The summed E-state index contributed by atoms with van der Waals surface area (Å²) in [5.74, 6) is 0. The Morgan fingerprint density at radius 1 is 1.12 bits per heavy atom. The Morgan fingerprint density at radius 2 is 1.12 bits per heavy atom. The van der Waals surface area contributed by atoms with E-state index in [1.165, 1.54) is 0 Å². The molecule has 0 fully saturated rings. The quantitative estimate of drug-likeness (QED) is 0.279. The number of phosphoric acid groups is 1. The van der Waals surface area contributed by atoms with E-state index in [-0.39, 0.29) is 46.1 Å². The number of rotatable bonds is 0. The molecule has 0 spiro atoms. The van der Waals surface area contributed by atoms with Crippen molar-refractivity contribution in [2.75, 3.05) is 0 Å². The van der Waals surface area contributed by atoms with Gasteiger partial charge in [-0.1, -0.05) is 0 Å². The minimum atomic E-state index is -4.64. The van der Waals surface area contributed by atoms with Gasteiger partial charge in [0.25, 0.3) is 0 Å². The van der Waals surface area contributed by atoms with E-state index in [4.69, 9.17) is 19.2 Å². The molecule has 0 atom stereocenters. The molecule has 0 radical (unpaired) electrons. The van der Waals surface area contributed by atoms with Crippen LogP contribution in [0.5, 0.6) is 0 Å². The van der Waals surface area contributed by atoms with Gasteiger partial charge in [-0.3, -0.25) is 0 Å². The molecule has 0 aromatic carbocycles. The molecule has 0 aromatic heterocycles. The van der Waals surface area contributed by atoms with Crippen LogP contribution in [0.3, 0.4) is 0 Å². The molecule has 5 nitrogen and oxygen atoms in total. The van der Waals surface area contributed by atoms with E-state index in [0.717, 1.165) is 0 Å². The molecular formula is H6LiO5PTi. The molecule has 0 aliphatic carbocycles. The van der Waals surface area contributed by atoms with Crippen molar-refractivity contribution < 1.29 is 46.4 Å². The fourth-order valence-electron chi connectivity index (χ4n) is 0. The Morgan fingerprint density at radius 3 is 1.12 bits per heavy atom. The van der Waals surface area contributed by atoms with E-state index in [1.54, 1.807) is 0 Å². The van der Waals surface area contributed by atoms with Crippen LogP contribution in [-0.4, -0.2) is 39.0 Å². The summed E-state index contributed by atoms with van der Waals surface area (Å²) >= 11 is 0. The average molecular weight is 172 g/mol. The molecule has 0 rings (SSSR count). The Kier molecular flexibility index (Phi) is 23.8. The second-order valence-electron chi connectivity index (χ2n) is 0.513. The molecule has 0 heterocycles. The summed E-state index contributed by atoms with van der Waals surface area (Å²) in [6.07, 6.45) is 0. The molecule has 8 heteroatoms. The summed E-state index contributed by atoms with van der Waals surface area (Å²) < 4.78 is 8.88. The fraction of sp³-hybridized carbons (Fsp3) is 0. The fourth-order valence-corrected chi connectivity index (χ4v) is 0. The maximum Gasteiger partial charge on any atom is 0 e. The maximum absolute atomic E-state index is 8.88. The number of hydrogen-bond donors (Lipinski definition) is 3. The predicted molar refractivity (Wildman–Crippen MR) is 25.0 cm³/mol. The minimum absolute atomic E-state index is 0. The van der Waals surface area contributed by atoms with Crippen LogP contribution in [0.15, 0.2) is 0 Å². The second-order valence-corrected chi connectivity index (χ2v) is 1.54. The Labute approximate surface area is 73.1 Å². The van der Waals surface area contributed by atoms with E-state index in [0.29, 0.717) is 0 Å². The SMILES string of the molecule is O.O=P(O)(O)O.[LiH].[Ti]. The third-order valence-corrected chi connectivity index (χ3v) is 0. The molecule has 0 unspecified atom stereocenters. The smallest absolute Gasteiger partial charge is 0 e. The van der Waals surface area contributed by atoms with Gasteiger partial charge >= 0.3 is 26.7 Å². The van der Waals surface area contributed by atoms with Crippen LogP contribution in [0.1, 0.15) is 0 Å². The normalized spacial score (nSPS) is 7.38. The standard InChI is InChI=1S/Li.H3O4P.H2O.Ti.H/c;1-5(2,3)4;;;/h;(H3,1,2,3,4);1H2;;. The van der Waals surface area contributed by atoms with Crippen LogP contribution in [0.2, 0.25) is 0 Å². The van der Waals surface area contributed by atoms with Crippen molar-refractivity contribution in [3.63, 3.8) is 0 Å². The third kappa shape index (κ3) is 157. The minimum Gasteiger partial charge on any atom is 0 e. The van der Waals surface area contributed by atoms with Crippen LogP contribution in [0, 0.1) is 0 Å². The molecule has 0 bridgehead atoms. The van der Waals surface area contributed by atoms with E-state index in [2.05, 4.69) is 0 Å². The van der Waals surface area contributed by atoms with Crippen molar-refractivity contribution in [2.45, 2.75) is 0 Å². The van der Waals surface area contributed by atoms with Gasteiger partial charge in [0.1, 0.15) is 0 Å². The van der Waals surface area contributed by atoms with Gasteiger partial charge in [-0.25, -0.2) is 4.57 Å². The first-order chi connectivity index (χ1) is 2.00. The molecule has 5 N–H and O–H groups in total. The summed E-state index contributed by atoms with van der Waals surface area (Å²) in [7, 11) is -4.64. The van der Waals surface area contributed by atoms with Gasteiger partial charge in [-0.2, -0.15) is 0 Å². The van der Waals surface area contributed by atoms with Gasteiger partial charge in [0.15, 0.2) is 0 Å². The first-order valence-corrected chi connectivity index (χ1v) is 2.35. The van der Waals surface area contributed by atoms with E-state index in [1.807, 2.05) is 0 Å². The molecule has 8 heavy (non-hydrogen) atoms. The van der Waals surface area contributed by atoms with Crippen molar-refractivity contribution >= 4 is 26.7 Å². The zero-order valence-electron chi connectivity index (χ0n) is 3.20. The van der Waals surface area contributed by atoms with Gasteiger partial charge in [0.05, 0.1) is 0 Å². The van der Waals surface area contributed by atoms with Crippen LogP contribution in [-0.2, 0) is 26.3 Å². The van der Waals surface area contributed by atoms with E-state index in [9.17, 15) is 0 Å². The van der Waals surface area contributed by atoms with Crippen LogP contribution in [0.25, 0.3) is 0 Å². The molecule has 46 valence electrons. The van der Waals surface area contributed by atoms with Crippen molar-refractivity contribution in [3.8, 4) is 0 Å². The van der Waals surface area contributed by atoms with Gasteiger partial charge in [0, 0.05) is 21.7 Å². The largest absolute Gasteiger partial charge is 0 e. The van der Waals surface area contributed by atoms with Crippen molar-refractivity contribution in [1.29, 1.82) is 0 Å². The van der Waals surface area contributed by atoms with E-state index < -0.39 is 7.82 Å². The van der Waals surface area contributed by atoms with Crippen molar-refractivity contribution in [1.82, 2.24) is 0 Å². The Bertz CT molecular complexity index is 58.6. The number of hydrogen-bond acceptors (Lipinski definition) is 1. The van der Waals surface area contributed by atoms with Gasteiger partial charge in [-0.05, 0) is 0 Å². The summed E-state index contributed by atoms with van der Waals surface area (Å²) in [6.45, 7) is 0. The summed E-state index contributed by atoms with van der Waals surface area (Å²) in [5, 5.41) is 0. The van der Waals surface area contributed by atoms with Crippen LogP contribution >= 0.6 is 7.82 Å².